The normalized spacial score (nSPS) is 13.9. The Hall–Kier alpha value is -2.02. The van der Waals surface area contributed by atoms with Crippen LogP contribution < -0.4 is 10.6 Å². The standard InChI is InChI=1S/C25H36N2O3S/c1-3-11-20(4-2)16-26-17-24(28)23(19-31-22-14-9-6-10-15-22)27-25(29)30-18-21-12-7-5-8-13-21/h5-10,12-15,20,23-24,26,28H,3-4,11,16-19H2,1-2H3,(H,27,29). The maximum Gasteiger partial charge on any atom is 0.407 e. The summed E-state index contributed by atoms with van der Waals surface area (Å²) in [5.41, 5.74) is 0.927. The van der Waals surface area contributed by atoms with Crippen LogP contribution in [0.2, 0.25) is 0 Å². The SMILES string of the molecule is CCCC(CC)CNCC(O)C(CSc1ccccc1)NC(=O)OCc1ccccc1. The van der Waals surface area contributed by atoms with Gasteiger partial charge in [-0.25, -0.2) is 4.79 Å². The van der Waals surface area contributed by atoms with Gasteiger partial charge in [0.15, 0.2) is 0 Å². The summed E-state index contributed by atoms with van der Waals surface area (Å²) in [6.45, 7) is 5.90. The fourth-order valence-electron chi connectivity index (χ4n) is 3.30. The van der Waals surface area contributed by atoms with E-state index in [0.717, 1.165) is 29.8 Å². The van der Waals surface area contributed by atoms with Gasteiger partial charge in [-0.1, -0.05) is 75.2 Å². The largest absolute Gasteiger partial charge is 0.445 e. The van der Waals surface area contributed by atoms with Gasteiger partial charge < -0.3 is 20.5 Å². The van der Waals surface area contributed by atoms with Gasteiger partial charge in [-0.15, -0.1) is 11.8 Å². The molecule has 2 aromatic rings. The lowest BCUT2D eigenvalue weighted by molar-refractivity contribution is 0.106. The number of carbonyl (C=O) groups is 1. The number of alkyl carbamates (subject to hydrolysis) is 1. The third kappa shape index (κ3) is 10.2. The van der Waals surface area contributed by atoms with Gasteiger partial charge >= 0.3 is 6.09 Å². The van der Waals surface area contributed by atoms with Gasteiger partial charge in [-0.05, 0) is 36.6 Å². The summed E-state index contributed by atoms with van der Waals surface area (Å²) in [5.74, 6) is 1.16. The molecule has 3 unspecified atom stereocenters. The summed E-state index contributed by atoms with van der Waals surface area (Å²) in [5, 5.41) is 17.0. The quantitative estimate of drug-likeness (QED) is 0.363. The van der Waals surface area contributed by atoms with Crippen LogP contribution in [0.25, 0.3) is 0 Å². The predicted octanol–water partition coefficient (Wildman–Crippen LogP) is 4.85. The van der Waals surface area contributed by atoms with Crippen LogP contribution in [-0.2, 0) is 11.3 Å². The Morgan fingerprint density at radius 1 is 1.03 bits per heavy atom. The van der Waals surface area contributed by atoms with Gasteiger partial charge in [-0.2, -0.15) is 0 Å². The molecule has 0 heterocycles. The smallest absolute Gasteiger partial charge is 0.407 e. The minimum Gasteiger partial charge on any atom is -0.445 e. The lowest BCUT2D eigenvalue weighted by Gasteiger charge is -2.25. The van der Waals surface area contributed by atoms with Crippen LogP contribution in [0.1, 0.15) is 38.7 Å². The van der Waals surface area contributed by atoms with Gasteiger partial charge in [0.2, 0.25) is 0 Å². The van der Waals surface area contributed by atoms with Crippen LogP contribution in [0, 0.1) is 5.92 Å². The third-order valence-corrected chi connectivity index (χ3v) is 6.35. The van der Waals surface area contributed by atoms with Gasteiger partial charge in [0.1, 0.15) is 6.61 Å². The van der Waals surface area contributed by atoms with Crippen molar-refractivity contribution in [1.82, 2.24) is 10.6 Å². The lowest BCUT2D eigenvalue weighted by atomic mass is 10.0. The zero-order chi connectivity index (χ0) is 22.3. The summed E-state index contributed by atoms with van der Waals surface area (Å²) in [7, 11) is 0. The van der Waals surface area contributed by atoms with Crippen molar-refractivity contribution in [2.75, 3.05) is 18.8 Å². The van der Waals surface area contributed by atoms with Crippen molar-refractivity contribution in [3.8, 4) is 0 Å². The molecule has 0 aromatic heterocycles. The van der Waals surface area contributed by atoms with Crippen LogP contribution in [0.3, 0.4) is 0 Å². The Kier molecular flexibility index (Phi) is 12.1. The van der Waals surface area contributed by atoms with E-state index in [-0.39, 0.29) is 6.61 Å². The fourth-order valence-corrected chi connectivity index (χ4v) is 4.33. The second kappa shape index (κ2) is 14.9. The number of aliphatic hydroxyl groups excluding tert-OH is 1. The Labute approximate surface area is 191 Å². The van der Waals surface area contributed by atoms with E-state index in [1.807, 2.05) is 60.7 Å². The highest BCUT2D eigenvalue weighted by Gasteiger charge is 2.22. The van der Waals surface area contributed by atoms with E-state index in [1.165, 1.54) is 6.42 Å². The molecule has 0 aliphatic heterocycles. The van der Waals surface area contributed by atoms with Crippen molar-refractivity contribution >= 4 is 17.9 Å². The molecule has 6 heteroatoms. The molecule has 0 saturated carbocycles. The number of ether oxygens (including phenoxy) is 1. The summed E-state index contributed by atoms with van der Waals surface area (Å²) < 4.78 is 5.36. The van der Waals surface area contributed by atoms with Crippen LogP contribution in [0.15, 0.2) is 65.6 Å². The van der Waals surface area contributed by atoms with Crippen molar-refractivity contribution in [1.29, 1.82) is 0 Å². The topological polar surface area (TPSA) is 70.6 Å². The molecule has 0 aliphatic carbocycles. The van der Waals surface area contributed by atoms with Crippen LogP contribution in [0.4, 0.5) is 4.79 Å². The maximum atomic E-state index is 12.4. The number of nitrogens with one attached hydrogen (secondary N) is 2. The zero-order valence-corrected chi connectivity index (χ0v) is 19.4. The van der Waals surface area contributed by atoms with Crippen LogP contribution in [-0.4, -0.2) is 42.2 Å². The molecular formula is C25H36N2O3S. The maximum absolute atomic E-state index is 12.4. The first-order valence-corrected chi connectivity index (χ1v) is 12.1. The second-order valence-corrected chi connectivity index (χ2v) is 8.82. The Balaban J connectivity index is 1.88. The average Bonchev–Trinajstić information content (AvgIpc) is 2.81. The molecule has 3 N–H and O–H groups in total. The molecule has 0 spiro atoms. The van der Waals surface area contributed by atoms with E-state index < -0.39 is 18.2 Å². The first-order valence-electron chi connectivity index (χ1n) is 11.2. The van der Waals surface area contributed by atoms with Crippen molar-refractivity contribution in [3.05, 3.63) is 66.2 Å². The van der Waals surface area contributed by atoms with Crippen LogP contribution >= 0.6 is 11.8 Å². The van der Waals surface area contributed by atoms with E-state index in [2.05, 4.69) is 24.5 Å². The molecule has 31 heavy (non-hydrogen) atoms. The molecule has 0 saturated heterocycles. The average molecular weight is 445 g/mol. The monoisotopic (exact) mass is 444 g/mol. The van der Waals surface area contributed by atoms with Crippen LogP contribution in [0.5, 0.6) is 0 Å². The highest BCUT2D eigenvalue weighted by molar-refractivity contribution is 7.99. The molecule has 5 nitrogen and oxygen atoms in total. The van der Waals surface area contributed by atoms with Gasteiger partial charge in [0.05, 0.1) is 12.1 Å². The first kappa shape index (κ1) is 25.2. The molecule has 3 atom stereocenters. The number of hydrogen-bond acceptors (Lipinski definition) is 5. The molecule has 0 radical (unpaired) electrons. The molecule has 0 bridgehead atoms. The second-order valence-electron chi connectivity index (χ2n) is 7.73. The summed E-state index contributed by atoms with van der Waals surface area (Å²) >= 11 is 1.61. The van der Waals surface area contributed by atoms with E-state index >= 15 is 0 Å². The molecule has 2 rings (SSSR count). The predicted molar refractivity (Wildman–Crippen MR) is 128 cm³/mol. The Morgan fingerprint density at radius 2 is 1.71 bits per heavy atom. The summed E-state index contributed by atoms with van der Waals surface area (Å²) in [6, 6.07) is 19.1. The van der Waals surface area contributed by atoms with Crippen molar-refractivity contribution in [2.45, 2.75) is 56.8 Å². The molecule has 0 fully saturated rings. The molecular weight excluding hydrogens is 408 g/mol. The van der Waals surface area contributed by atoms with E-state index in [0.29, 0.717) is 18.2 Å². The Morgan fingerprint density at radius 3 is 2.35 bits per heavy atom. The van der Waals surface area contributed by atoms with Gasteiger partial charge in [-0.3, -0.25) is 0 Å². The van der Waals surface area contributed by atoms with E-state index in [4.69, 9.17) is 4.74 Å². The number of benzene rings is 2. The number of carbonyl (C=O) groups excluding carboxylic acids is 1. The van der Waals surface area contributed by atoms with E-state index in [1.54, 1.807) is 11.8 Å². The number of amides is 1. The number of rotatable bonds is 14. The van der Waals surface area contributed by atoms with Gasteiger partial charge in [0, 0.05) is 17.2 Å². The highest BCUT2D eigenvalue weighted by atomic mass is 32.2. The summed E-state index contributed by atoms with van der Waals surface area (Å²) in [4.78, 5) is 13.5. The third-order valence-electron chi connectivity index (χ3n) is 5.21. The minimum absolute atomic E-state index is 0.203. The van der Waals surface area contributed by atoms with E-state index in [9.17, 15) is 9.90 Å². The van der Waals surface area contributed by atoms with Crippen molar-refractivity contribution < 1.29 is 14.6 Å². The molecule has 1 amide bonds. The molecule has 2 aromatic carbocycles. The summed E-state index contributed by atoms with van der Waals surface area (Å²) in [6.07, 6.45) is 2.23. The molecule has 170 valence electrons. The Bertz CT molecular complexity index is 730. The van der Waals surface area contributed by atoms with Crippen molar-refractivity contribution in [3.63, 3.8) is 0 Å². The minimum atomic E-state index is -0.709. The molecule has 0 aliphatic rings. The number of hydrogen-bond donors (Lipinski definition) is 3. The van der Waals surface area contributed by atoms with Crippen molar-refractivity contribution in [2.24, 2.45) is 5.92 Å². The number of aliphatic hydroxyl groups is 1. The highest BCUT2D eigenvalue weighted by Crippen LogP contribution is 2.19. The first-order chi connectivity index (χ1) is 15.1. The fraction of sp³-hybridized carbons (Fsp3) is 0.480. The lowest BCUT2D eigenvalue weighted by Crippen LogP contribution is -2.49. The number of thioether (sulfide) groups is 1. The van der Waals surface area contributed by atoms with Gasteiger partial charge in [0.25, 0.3) is 0 Å². The zero-order valence-electron chi connectivity index (χ0n) is 18.6.